The predicted molar refractivity (Wildman–Crippen MR) is 135 cm³/mol. The summed E-state index contributed by atoms with van der Waals surface area (Å²) >= 11 is 0. The van der Waals surface area contributed by atoms with Crippen LogP contribution < -0.4 is 0 Å². The van der Waals surface area contributed by atoms with Gasteiger partial charge < -0.3 is 5.11 Å². The fourth-order valence-electron chi connectivity index (χ4n) is 5.50. The lowest BCUT2D eigenvalue weighted by Gasteiger charge is -2.57. The lowest BCUT2D eigenvalue weighted by molar-refractivity contribution is -0.0553. The Bertz CT molecular complexity index is 1300. The Kier molecular flexibility index (Phi) is 6.72. The van der Waals surface area contributed by atoms with Crippen LogP contribution in [0.3, 0.4) is 0 Å². The Morgan fingerprint density at radius 1 is 0.886 bits per heavy atom. The average molecular weight is 488 g/mol. The molecular formula is C28H29N3O3S. The zero-order valence-electron chi connectivity index (χ0n) is 19.5. The number of hydrogen-bond donors (Lipinski definition) is 1. The van der Waals surface area contributed by atoms with Crippen LogP contribution in [0.25, 0.3) is 11.1 Å². The van der Waals surface area contributed by atoms with Gasteiger partial charge in [0.15, 0.2) is 0 Å². The second-order valence-electron chi connectivity index (χ2n) is 9.28. The summed E-state index contributed by atoms with van der Waals surface area (Å²) in [6.07, 6.45) is 1.70. The Morgan fingerprint density at radius 3 is 2.14 bits per heavy atom. The van der Waals surface area contributed by atoms with Gasteiger partial charge in [0.2, 0.25) is 10.0 Å². The molecular weight excluding hydrogens is 458 g/mol. The number of sulfonamides is 1. The molecule has 2 aliphatic heterocycles. The van der Waals surface area contributed by atoms with Gasteiger partial charge in [-0.3, -0.25) is 4.90 Å². The van der Waals surface area contributed by atoms with Gasteiger partial charge in [0.25, 0.3) is 0 Å². The van der Waals surface area contributed by atoms with Crippen molar-refractivity contribution >= 4 is 10.0 Å². The maximum Gasteiger partial charge on any atom is 0.243 e. The molecule has 3 aromatic rings. The summed E-state index contributed by atoms with van der Waals surface area (Å²) in [6.45, 7) is 1.84. The largest absolute Gasteiger partial charge is 0.395 e. The lowest BCUT2D eigenvalue weighted by Crippen LogP contribution is -2.67. The second kappa shape index (κ2) is 9.92. The van der Waals surface area contributed by atoms with Gasteiger partial charge in [-0.2, -0.15) is 9.57 Å². The summed E-state index contributed by atoms with van der Waals surface area (Å²) in [4.78, 5) is 2.61. The van der Waals surface area contributed by atoms with Crippen LogP contribution in [0, 0.1) is 11.3 Å². The van der Waals surface area contributed by atoms with Gasteiger partial charge >= 0.3 is 0 Å². The number of rotatable bonds is 5. The molecule has 180 valence electrons. The third kappa shape index (κ3) is 4.51. The minimum absolute atomic E-state index is 0.0138. The van der Waals surface area contributed by atoms with E-state index in [0.717, 1.165) is 36.1 Å². The van der Waals surface area contributed by atoms with Gasteiger partial charge in [0.05, 0.1) is 23.1 Å². The Hall–Kier alpha value is -3.02. The van der Waals surface area contributed by atoms with E-state index >= 15 is 0 Å². The van der Waals surface area contributed by atoms with Crippen LogP contribution in [0.15, 0.2) is 83.8 Å². The average Bonchev–Trinajstić information content (AvgIpc) is 2.88. The van der Waals surface area contributed by atoms with Crippen molar-refractivity contribution in [2.75, 3.05) is 26.2 Å². The molecule has 6 nitrogen and oxygen atoms in total. The maximum atomic E-state index is 13.4. The fourth-order valence-corrected chi connectivity index (χ4v) is 7.02. The molecule has 1 N–H and O–H groups in total. The minimum atomic E-state index is -3.58. The van der Waals surface area contributed by atoms with Crippen LogP contribution in [0.4, 0.5) is 0 Å². The van der Waals surface area contributed by atoms with Crippen molar-refractivity contribution in [2.45, 2.75) is 35.7 Å². The molecule has 0 saturated carbocycles. The molecule has 0 spiro atoms. The van der Waals surface area contributed by atoms with E-state index in [4.69, 9.17) is 5.26 Å². The molecule has 0 radical (unpaired) electrons. The third-order valence-electron chi connectivity index (χ3n) is 7.36. The van der Waals surface area contributed by atoms with Gasteiger partial charge in [-0.15, -0.1) is 0 Å². The summed E-state index contributed by atoms with van der Waals surface area (Å²) in [7, 11) is -3.58. The molecule has 5 rings (SSSR count). The van der Waals surface area contributed by atoms with E-state index in [9.17, 15) is 13.5 Å². The SMILES string of the molecule is N#Cc1ccc(-c2ccc([C@@H]3[C@@H](CO)N4CCCCN(S(=O)(=O)c5ccccc5)C[C@H]34)cc2)cc1. The van der Waals surface area contributed by atoms with E-state index in [1.54, 1.807) is 28.6 Å². The third-order valence-corrected chi connectivity index (χ3v) is 9.24. The predicted octanol–water partition coefficient (Wildman–Crippen LogP) is 3.84. The van der Waals surface area contributed by atoms with Crippen molar-refractivity contribution in [1.29, 1.82) is 5.26 Å². The number of aliphatic hydroxyl groups is 1. The fraction of sp³-hybridized carbons (Fsp3) is 0.321. The van der Waals surface area contributed by atoms with Crippen molar-refractivity contribution in [3.63, 3.8) is 0 Å². The summed E-state index contributed by atoms with van der Waals surface area (Å²) in [6, 6.07) is 26.6. The molecule has 2 aliphatic rings. The van der Waals surface area contributed by atoms with Crippen molar-refractivity contribution in [3.8, 4) is 17.2 Å². The van der Waals surface area contributed by atoms with Crippen LogP contribution in [0.2, 0.25) is 0 Å². The topological polar surface area (TPSA) is 84.6 Å². The highest BCUT2D eigenvalue weighted by molar-refractivity contribution is 7.89. The monoisotopic (exact) mass is 487 g/mol. The smallest absolute Gasteiger partial charge is 0.243 e. The first-order valence-electron chi connectivity index (χ1n) is 12.1. The zero-order valence-corrected chi connectivity index (χ0v) is 20.3. The van der Waals surface area contributed by atoms with Gasteiger partial charge in [-0.05, 0) is 60.3 Å². The number of nitrogens with zero attached hydrogens (tertiary/aromatic N) is 3. The van der Waals surface area contributed by atoms with E-state index in [-0.39, 0.29) is 24.6 Å². The molecule has 0 aromatic heterocycles. The summed E-state index contributed by atoms with van der Waals surface area (Å²) < 4.78 is 28.4. The number of benzene rings is 3. The first kappa shape index (κ1) is 23.7. The summed E-state index contributed by atoms with van der Waals surface area (Å²) in [5, 5.41) is 19.2. The van der Waals surface area contributed by atoms with Crippen LogP contribution >= 0.6 is 0 Å². The highest BCUT2D eigenvalue weighted by Crippen LogP contribution is 2.43. The Balaban J connectivity index is 1.41. The van der Waals surface area contributed by atoms with E-state index in [1.165, 1.54) is 0 Å². The molecule has 2 saturated heterocycles. The van der Waals surface area contributed by atoms with E-state index in [2.05, 4.69) is 35.2 Å². The maximum absolute atomic E-state index is 13.4. The van der Waals surface area contributed by atoms with Crippen LogP contribution in [-0.4, -0.2) is 61.1 Å². The lowest BCUT2D eigenvalue weighted by atomic mass is 9.74. The molecule has 2 heterocycles. The molecule has 2 fully saturated rings. The second-order valence-corrected chi connectivity index (χ2v) is 11.2. The zero-order chi connectivity index (χ0) is 24.4. The van der Waals surface area contributed by atoms with Crippen molar-refractivity contribution < 1.29 is 13.5 Å². The number of aliphatic hydroxyl groups excluding tert-OH is 1. The van der Waals surface area contributed by atoms with Crippen molar-refractivity contribution in [3.05, 3.63) is 90.0 Å². The summed E-state index contributed by atoms with van der Waals surface area (Å²) in [5.41, 5.74) is 3.84. The number of fused-ring (bicyclic) bond motifs is 1. The normalized spacial score (nSPS) is 23.4. The quantitative estimate of drug-likeness (QED) is 0.591. The molecule has 0 unspecified atom stereocenters. The first-order chi connectivity index (χ1) is 17.0. The van der Waals surface area contributed by atoms with Gasteiger partial charge in [-0.25, -0.2) is 8.42 Å². The van der Waals surface area contributed by atoms with Crippen molar-refractivity contribution in [1.82, 2.24) is 9.21 Å². The highest BCUT2D eigenvalue weighted by Gasteiger charge is 2.50. The molecule has 0 amide bonds. The highest BCUT2D eigenvalue weighted by atomic mass is 32.2. The van der Waals surface area contributed by atoms with Gasteiger partial charge in [-0.1, -0.05) is 54.6 Å². The number of nitriles is 1. The Morgan fingerprint density at radius 2 is 1.51 bits per heavy atom. The minimum Gasteiger partial charge on any atom is -0.395 e. The van der Waals surface area contributed by atoms with Gasteiger partial charge in [0.1, 0.15) is 0 Å². The first-order valence-corrected chi connectivity index (χ1v) is 13.5. The molecule has 0 bridgehead atoms. The Labute approximate surface area is 207 Å². The van der Waals surface area contributed by atoms with E-state index in [1.807, 2.05) is 30.3 Å². The van der Waals surface area contributed by atoms with Crippen LogP contribution in [0.1, 0.15) is 29.9 Å². The van der Waals surface area contributed by atoms with E-state index in [0.29, 0.717) is 23.5 Å². The molecule has 35 heavy (non-hydrogen) atoms. The van der Waals surface area contributed by atoms with Crippen LogP contribution in [-0.2, 0) is 10.0 Å². The molecule has 3 atom stereocenters. The number of hydrogen-bond acceptors (Lipinski definition) is 5. The molecule has 3 aromatic carbocycles. The van der Waals surface area contributed by atoms with E-state index < -0.39 is 10.0 Å². The molecule has 0 aliphatic carbocycles. The van der Waals surface area contributed by atoms with Gasteiger partial charge in [0, 0.05) is 31.1 Å². The molecule has 7 heteroatoms. The van der Waals surface area contributed by atoms with Crippen molar-refractivity contribution in [2.24, 2.45) is 0 Å². The standard InChI is InChI=1S/C28H29N3O3S/c29-18-21-8-10-22(11-9-21)23-12-14-24(15-13-23)28-26-19-30(16-4-5-17-31(26)27(28)20-32)35(33,34)25-6-2-1-3-7-25/h1-3,6-15,26-28,32H,4-5,16-17,19-20H2/t26-,27-,28+/m1/s1. The van der Waals surface area contributed by atoms with Crippen LogP contribution in [0.5, 0.6) is 0 Å². The summed E-state index contributed by atoms with van der Waals surface area (Å²) in [5.74, 6) is 0.0570.